The van der Waals surface area contributed by atoms with E-state index in [4.69, 9.17) is 4.74 Å². The Hall–Kier alpha value is -2.36. The molecule has 1 aromatic heterocycles. The van der Waals surface area contributed by atoms with Crippen LogP contribution in [0.4, 0.5) is 0 Å². The monoisotopic (exact) mass is 338 g/mol. The summed E-state index contributed by atoms with van der Waals surface area (Å²) in [7, 11) is 0. The first-order valence-electron chi connectivity index (χ1n) is 9.05. The fraction of sp³-hybridized carbons (Fsp3) is 0.429. The Kier molecular flexibility index (Phi) is 5.37. The van der Waals surface area contributed by atoms with E-state index in [1.807, 2.05) is 18.2 Å². The van der Waals surface area contributed by atoms with Crippen LogP contribution in [0.2, 0.25) is 0 Å². The van der Waals surface area contributed by atoms with Crippen molar-refractivity contribution in [2.24, 2.45) is 5.92 Å². The van der Waals surface area contributed by atoms with E-state index in [1.54, 1.807) is 6.20 Å². The van der Waals surface area contributed by atoms with Gasteiger partial charge in [0.15, 0.2) is 0 Å². The van der Waals surface area contributed by atoms with Crippen molar-refractivity contribution in [1.82, 2.24) is 10.3 Å². The highest BCUT2D eigenvalue weighted by Gasteiger charge is 2.27. The van der Waals surface area contributed by atoms with Gasteiger partial charge in [-0.1, -0.05) is 32.4 Å². The third-order valence-electron chi connectivity index (χ3n) is 4.74. The predicted octanol–water partition coefficient (Wildman–Crippen LogP) is 3.91. The van der Waals surface area contributed by atoms with Crippen molar-refractivity contribution < 1.29 is 9.53 Å². The molecule has 3 rings (SSSR count). The number of amides is 1. The second-order valence-corrected chi connectivity index (χ2v) is 6.98. The minimum Gasteiger partial charge on any atom is -0.487 e. The first-order chi connectivity index (χ1) is 12.1. The molecule has 2 unspecified atom stereocenters. The summed E-state index contributed by atoms with van der Waals surface area (Å²) in [6.07, 6.45) is 4.20. The molecule has 1 N–H and O–H groups in total. The Bertz CT molecular complexity index is 743. The summed E-state index contributed by atoms with van der Waals surface area (Å²) in [4.78, 5) is 16.5. The lowest BCUT2D eigenvalue weighted by atomic mass is 10.0. The van der Waals surface area contributed by atoms with E-state index in [2.05, 4.69) is 43.2 Å². The van der Waals surface area contributed by atoms with E-state index < -0.39 is 0 Å². The molecule has 2 aromatic rings. The third kappa shape index (κ3) is 4.19. The Balaban J connectivity index is 1.70. The molecule has 2 heterocycles. The van der Waals surface area contributed by atoms with Crippen molar-refractivity contribution in [2.75, 3.05) is 6.54 Å². The molecular weight excluding hydrogens is 312 g/mol. The van der Waals surface area contributed by atoms with Crippen LogP contribution < -0.4 is 10.1 Å². The molecule has 0 spiro atoms. The molecule has 0 saturated heterocycles. The molecule has 2 atom stereocenters. The zero-order chi connectivity index (χ0) is 17.8. The first-order valence-corrected chi connectivity index (χ1v) is 9.05. The van der Waals surface area contributed by atoms with Crippen LogP contribution in [0.15, 0.2) is 36.5 Å². The van der Waals surface area contributed by atoms with Crippen LogP contribution >= 0.6 is 0 Å². The van der Waals surface area contributed by atoms with Gasteiger partial charge in [0.25, 0.3) is 0 Å². The summed E-state index contributed by atoms with van der Waals surface area (Å²) in [5, 5.41) is 3.02. The van der Waals surface area contributed by atoms with Crippen molar-refractivity contribution in [3.63, 3.8) is 0 Å². The molecule has 1 aliphatic heterocycles. The van der Waals surface area contributed by atoms with Gasteiger partial charge < -0.3 is 10.1 Å². The molecule has 0 radical (unpaired) electrons. The number of nitrogens with zero attached hydrogens (tertiary/aromatic N) is 1. The number of benzene rings is 1. The van der Waals surface area contributed by atoms with Crippen LogP contribution in [0.25, 0.3) is 11.3 Å². The van der Waals surface area contributed by atoms with E-state index in [-0.39, 0.29) is 12.0 Å². The largest absolute Gasteiger partial charge is 0.487 e. The topological polar surface area (TPSA) is 51.2 Å². The van der Waals surface area contributed by atoms with Crippen molar-refractivity contribution >= 4 is 5.91 Å². The van der Waals surface area contributed by atoms with Gasteiger partial charge >= 0.3 is 0 Å². The normalized spacial score (nSPS) is 16.8. The fourth-order valence-electron chi connectivity index (χ4n) is 3.18. The van der Waals surface area contributed by atoms with Gasteiger partial charge in [-0.3, -0.25) is 9.78 Å². The lowest BCUT2D eigenvalue weighted by Gasteiger charge is -2.14. The second kappa shape index (κ2) is 7.68. The number of carbonyl (C=O) groups excluding carboxylic acids is 1. The molecule has 1 amide bonds. The van der Waals surface area contributed by atoms with E-state index in [0.717, 1.165) is 29.8 Å². The number of ether oxygens (including phenoxy) is 1. The maximum absolute atomic E-state index is 12.0. The van der Waals surface area contributed by atoms with Crippen molar-refractivity contribution in [1.29, 1.82) is 0 Å². The molecule has 0 aliphatic carbocycles. The number of hydrogen-bond acceptors (Lipinski definition) is 3. The highest BCUT2D eigenvalue weighted by Crippen LogP contribution is 2.39. The smallest absolute Gasteiger partial charge is 0.220 e. The van der Waals surface area contributed by atoms with E-state index in [9.17, 15) is 4.79 Å². The van der Waals surface area contributed by atoms with E-state index >= 15 is 0 Å². The standard InChI is InChI=1S/C21H26N2O2/c1-4-14(2)11-20(24)23-13-17-12-16-9-15(3)10-18(21(16)25-17)19-7-5-6-8-22-19/h5-10,14,17H,4,11-13H2,1-3H3,(H,23,24). The van der Waals surface area contributed by atoms with Gasteiger partial charge in [0.1, 0.15) is 11.9 Å². The third-order valence-corrected chi connectivity index (χ3v) is 4.74. The molecule has 0 fully saturated rings. The lowest BCUT2D eigenvalue weighted by molar-refractivity contribution is -0.122. The Morgan fingerprint density at radius 1 is 1.40 bits per heavy atom. The summed E-state index contributed by atoms with van der Waals surface area (Å²) in [5.74, 6) is 1.43. The minimum absolute atomic E-state index is 0.0138. The number of aryl methyl sites for hydroxylation is 1. The molecule has 0 saturated carbocycles. The van der Waals surface area contributed by atoms with Gasteiger partial charge in [-0.15, -0.1) is 0 Å². The summed E-state index contributed by atoms with van der Waals surface area (Å²) >= 11 is 0. The summed E-state index contributed by atoms with van der Waals surface area (Å²) in [5.41, 5.74) is 4.35. The first kappa shape index (κ1) is 17.5. The average Bonchev–Trinajstić information content (AvgIpc) is 3.02. The maximum Gasteiger partial charge on any atom is 0.220 e. The molecule has 4 nitrogen and oxygen atoms in total. The van der Waals surface area contributed by atoms with E-state index in [1.165, 1.54) is 11.1 Å². The number of carbonyl (C=O) groups is 1. The number of aromatic nitrogens is 1. The number of rotatable bonds is 6. The molecule has 1 aromatic carbocycles. The van der Waals surface area contributed by atoms with Gasteiger partial charge in [-0.25, -0.2) is 0 Å². The average molecular weight is 338 g/mol. The Morgan fingerprint density at radius 2 is 2.24 bits per heavy atom. The van der Waals surface area contributed by atoms with Crippen LogP contribution in [0, 0.1) is 12.8 Å². The number of nitrogens with one attached hydrogen (secondary N) is 1. The van der Waals surface area contributed by atoms with Crippen LogP contribution in [-0.4, -0.2) is 23.5 Å². The second-order valence-electron chi connectivity index (χ2n) is 6.98. The van der Waals surface area contributed by atoms with Crippen LogP contribution in [0.1, 0.15) is 37.8 Å². The van der Waals surface area contributed by atoms with Gasteiger partial charge in [-0.05, 0) is 42.2 Å². The van der Waals surface area contributed by atoms with Crippen molar-refractivity contribution in [3.8, 4) is 17.0 Å². The Morgan fingerprint density at radius 3 is 2.96 bits per heavy atom. The molecule has 132 valence electrons. The Labute approximate surface area is 149 Å². The molecule has 0 bridgehead atoms. The fourth-order valence-corrected chi connectivity index (χ4v) is 3.18. The molecule has 1 aliphatic rings. The number of hydrogen-bond donors (Lipinski definition) is 1. The number of fused-ring (bicyclic) bond motifs is 1. The van der Waals surface area contributed by atoms with Gasteiger partial charge in [0.2, 0.25) is 5.91 Å². The summed E-state index contributed by atoms with van der Waals surface area (Å²) in [6.45, 7) is 6.85. The zero-order valence-corrected chi connectivity index (χ0v) is 15.2. The zero-order valence-electron chi connectivity index (χ0n) is 15.2. The predicted molar refractivity (Wildman–Crippen MR) is 99.6 cm³/mol. The lowest BCUT2D eigenvalue weighted by Crippen LogP contribution is -2.35. The van der Waals surface area contributed by atoms with Gasteiger partial charge in [0.05, 0.1) is 12.2 Å². The summed E-state index contributed by atoms with van der Waals surface area (Å²) in [6, 6.07) is 10.2. The summed E-state index contributed by atoms with van der Waals surface area (Å²) < 4.78 is 6.17. The highest BCUT2D eigenvalue weighted by molar-refractivity contribution is 5.76. The molecular formula is C21H26N2O2. The maximum atomic E-state index is 12.0. The molecule has 25 heavy (non-hydrogen) atoms. The van der Waals surface area contributed by atoms with Crippen molar-refractivity contribution in [3.05, 3.63) is 47.7 Å². The SMILES string of the molecule is CCC(C)CC(=O)NCC1Cc2cc(C)cc(-c3ccccn3)c2O1. The number of pyridine rings is 1. The molecule has 4 heteroatoms. The van der Waals surface area contributed by atoms with E-state index in [0.29, 0.717) is 18.9 Å². The van der Waals surface area contributed by atoms with Crippen LogP contribution in [0.5, 0.6) is 5.75 Å². The minimum atomic E-state index is -0.0138. The van der Waals surface area contributed by atoms with Crippen molar-refractivity contribution in [2.45, 2.75) is 46.1 Å². The quantitative estimate of drug-likeness (QED) is 0.869. The van der Waals surface area contributed by atoms with Crippen LogP contribution in [0.3, 0.4) is 0 Å². The van der Waals surface area contributed by atoms with Gasteiger partial charge in [0, 0.05) is 24.6 Å². The van der Waals surface area contributed by atoms with Crippen LogP contribution in [-0.2, 0) is 11.2 Å². The van der Waals surface area contributed by atoms with Gasteiger partial charge in [-0.2, -0.15) is 0 Å². The highest BCUT2D eigenvalue weighted by atomic mass is 16.5.